The molecule has 4 rings (SSSR count). The number of nitrogens with one attached hydrogen (secondary N) is 1. The minimum atomic E-state index is -4.46. The summed E-state index contributed by atoms with van der Waals surface area (Å²) in [4.78, 5) is 50.7. The minimum absolute atomic E-state index is 0.0673. The number of halogens is 3. The molecule has 2 fully saturated rings. The van der Waals surface area contributed by atoms with Crippen molar-refractivity contribution >= 4 is 35.3 Å². The number of thioether (sulfide) groups is 1. The van der Waals surface area contributed by atoms with Crippen molar-refractivity contribution in [3.63, 3.8) is 0 Å². The number of carbonyl (C=O) groups is 3. The molecule has 0 radical (unpaired) electrons. The molecular weight excluding hydrogens is 521 g/mol. The van der Waals surface area contributed by atoms with Gasteiger partial charge in [0.15, 0.2) is 0 Å². The van der Waals surface area contributed by atoms with Gasteiger partial charge in [0.2, 0.25) is 5.91 Å². The number of rotatable bonds is 7. The molecule has 1 aromatic carbocycles. The number of anilines is 1. The van der Waals surface area contributed by atoms with Crippen molar-refractivity contribution in [2.24, 2.45) is 0 Å². The zero-order chi connectivity index (χ0) is 27.7. The third-order valence-corrected chi connectivity index (χ3v) is 7.33. The van der Waals surface area contributed by atoms with Crippen molar-refractivity contribution in [3.05, 3.63) is 54.4 Å². The standard InChI is InChI=1S/C25H29F3N6O3S/c1-24(2)22(36)33(18-4-6-19(7-5-18)38-25(26,27)28)23(37)34(24)21(17-8-10-29-11-9-17)30-20(35)16-32-14-12-31(3)13-15-32/h4-11,21H,12-16H2,1-3H3,(H,30,35). The Balaban J connectivity index is 1.60. The average Bonchev–Trinajstić information content (AvgIpc) is 3.03. The topological polar surface area (TPSA) is 89.1 Å². The van der Waals surface area contributed by atoms with Crippen molar-refractivity contribution in [3.8, 4) is 0 Å². The molecular formula is C25H29F3N6O3S. The first-order valence-electron chi connectivity index (χ1n) is 12.0. The van der Waals surface area contributed by atoms with Crippen LogP contribution in [0.2, 0.25) is 0 Å². The Hall–Kier alpha value is -3.16. The van der Waals surface area contributed by atoms with Crippen LogP contribution in [0, 0.1) is 0 Å². The highest BCUT2D eigenvalue weighted by atomic mass is 32.2. The van der Waals surface area contributed by atoms with Gasteiger partial charge in [0.25, 0.3) is 5.91 Å². The SMILES string of the molecule is CN1CCN(CC(=O)NC(c2ccncc2)N2C(=O)N(c3ccc(SC(F)(F)F)cc3)C(=O)C2(C)C)CC1. The summed E-state index contributed by atoms with van der Waals surface area (Å²) in [5.74, 6) is -0.870. The molecule has 9 nitrogen and oxygen atoms in total. The monoisotopic (exact) mass is 550 g/mol. The Morgan fingerprint density at radius 2 is 1.66 bits per heavy atom. The summed E-state index contributed by atoms with van der Waals surface area (Å²) in [7, 11) is 2.02. The predicted molar refractivity (Wildman–Crippen MR) is 136 cm³/mol. The number of imide groups is 1. The third-order valence-electron chi connectivity index (χ3n) is 6.60. The number of pyridine rings is 1. The Labute approximate surface area is 222 Å². The van der Waals surface area contributed by atoms with E-state index in [1.807, 2.05) is 11.9 Å². The average molecular weight is 551 g/mol. The van der Waals surface area contributed by atoms with Gasteiger partial charge in [-0.3, -0.25) is 24.4 Å². The van der Waals surface area contributed by atoms with Crippen LogP contribution in [-0.4, -0.2) is 88.3 Å². The van der Waals surface area contributed by atoms with E-state index < -0.39 is 29.2 Å². The highest BCUT2D eigenvalue weighted by molar-refractivity contribution is 8.00. The minimum Gasteiger partial charge on any atom is -0.331 e. The maximum absolute atomic E-state index is 13.7. The molecule has 2 aromatic rings. The second kappa shape index (κ2) is 10.9. The van der Waals surface area contributed by atoms with Gasteiger partial charge >= 0.3 is 11.5 Å². The van der Waals surface area contributed by atoms with Gasteiger partial charge in [-0.15, -0.1) is 0 Å². The number of urea groups is 1. The van der Waals surface area contributed by atoms with Crippen molar-refractivity contribution < 1.29 is 27.6 Å². The fraction of sp³-hybridized carbons (Fsp3) is 0.440. The summed E-state index contributed by atoms with van der Waals surface area (Å²) in [5, 5.41) is 2.92. The Morgan fingerprint density at radius 3 is 2.24 bits per heavy atom. The largest absolute Gasteiger partial charge is 0.446 e. The number of hydrogen-bond donors (Lipinski definition) is 1. The highest BCUT2D eigenvalue weighted by Crippen LogP contribution is 2.40. The molecule has 1 N–H and O–H groups in total. The fourth-order valence-electron chi connectivity index (χ4n) is 4.52. The van der Waals surface area contributed by atoms with E-state index in [2.05, 4.69) is 15.2 Å². The lowest BCUT2D eigenvalue weighted by Gasteiger charge is -2.37. The summed E-state index contributed by atoms with van der Waals surface area (Å²) in [6.45, 7) is 6.41. The van der Waals surface area contributed by atoms with Crippen LogP contribution in [0.4, 0.5) is 23.7 Å². The van der Waals surface area contributed by atoms with Gasteiger partial charge in [-0.1, -0.05) is 0 Å². The van der Waals surface area contributed by atoms with E-state index >= 15 is 0 Å². The van der Waals surface area contributed by atoms with E-state index in [4.69, 9.17) is 0 Å². The zero-order valence-electron chi connectivity index (χ0n) is 21.2. The number of amides is 4. The van der Waals surface area contributed by atoms with Crippen LogP contribution in [0.3, 0.4) is 0 Å². The van der Waals surface area contributed by atoms with Crippen LogP contribution >= 0.6 is 11.8 Å². The van der Waals surface area contributed by atoms with Crippen LogP contribution in [0.15, 0.2) is 53.7 Å². The van der Waals surface area contributed by atoms with Crippen molar-refractivity contribution in [2.45, 2.75) is 36.0 Å². The van der Waals surface area contributed by atoms with Gasteiger partial charge in [0, 0.05) is 43.5 Å². The molecule has 1 unspecified atom stereocenters. The van der Waals surface area contributed by atoms with Crippen LogP contribution in [-0.2, 0) is 9.59 Å². The molecule has 1 atom stereocenters. The molecule has 38 heavy (non-hydrogen) atoms. The summed E-state index contributed by atoms with van der Waals surface area (Å²) < 4.78 is 38.2. The van der Waals surface area contributed by atoms with Crippen molar-refractivity contribution in [2.75, 3.05) is 44.7 Å². The number of likely N-dealkylation sites (N-methyl/N-ethyl adjacent to an activating group) is 1. The normalized spacial score (nSPS) is 19.6. The van der Waals surface area contributed by atoms with E-state index in [0.717, 1.165) is 31.1 Å². The Morgan fingerprint density at radius 1 is 1.05 bits per heavy atom. The van der Waals surface area contributed by atoms with Gasteiger partial charge in [0.1, 0.15) is 11.7 Å². The number of benzene rings is 1. The van der Waals surface area contributed by atoms with Gasteiger partial charge in [-0.2, -0.15) is 13.2 Å². The molecule has 204 valence electrons. The molecule has 13 heteroatoms. The number of piperazine rings is 1. The first-order valence-corrected chi connectivity index (χ1v) is 12.8. The fourth-order valence-corrected chi connectivity index (χ4v) is 5.06. The maximum Gasteiger partial charge on any atom is 0.446 e. The number of carbonyl (C=O) groups excluding carboxylic acids is 3. The molecule has 0 spiro atoms. The van der Waals surface area contributed by atoms with Crippen LogP contribution < -0.4 is 10.2 Å². The number of nitrogens with zero attached hydrogens (tertiary/aromatic N) is 5. The predicted octanol–water partition coefficient (Wildman–Crippen LogP) is 3.30. The van der Waals surface area contributed by atoms with Crippen LogP contribution in [0.25, 0.3) is 0 Å². The third kappa shape index (κ3) is 6.11. The first-order chi connectivity index (χ1) is 17.9. The van der Waals surface area contributed by atoms with Crippen molar-refractivity contribution in [1.82, 2.24) is 25.0 Å². The quantitative estimate of drug-likeness (QED) is 0.418. The van der Waals surface area contributed by atoms with E-state index in [1.165, 1.54) is 41.6 Å². The second-order valence-electron chi connectivity index (χ2n) is 9.72. The summed E-state index contributed by atoms with van der Waals surface area (Å²) >= 11 is -0.282. The van der Waals surface area contributed by atoms with Crippen LogP contribution in [0.1, 0.15) is 25.6 Å². The zero-order valence-corrected chi connectivity index (χ0v) is 22.1. The van der Waals surface area contributed by atoms with E-state index in [9.17, 15) is 27.6 Å². The van der Waals surface area contributed by atoms with E-state index in [-0.39, 0.29) is 34.8 Å². The Kier molecular flexibility index (Phi) is 8.00. The van der Waals surface area contributed by atoms with Crippen molar-refractivity contribution in [1.29, 1.82) is 0 Å². The van der Waals surface area contributed by atoms with Gasteiger partial charge in [-0.25, -0.2) is 9.69 Å². The number of alkyl halides is 3. The smallest absolute Gasteiger partial charge is 0.331 e. The molecule has 2 saturated heterocycles. The Bertz CT molecular complexity index is 1170. The lowest BCUT2D eigenvalue weighted by Crippen LogP contribution is -2.54. The molecule has 0 bridgehead atoms. The highest BCUT2D eigenvalue weighted by Gasteiger charge is 2.55. The van der Waals surface area contributed by atoms with Gasteiger partial charge < -0.3 is 10.2 Å². The molecule has 1 aromatic heterocycles. The maximum atomic E-state index is 13.7. The number of hydrogen-bond acceptors (Lipinski definition) is 7. The molecule has 0 saturated carbocycles. The summed E-state index contributed by atoms with van der Waals surface area (Å²) in [5.41, 5.74) is -5.13. The summed E-state index contributed by atoms with van der Waals surface area (Å²) in [6.07, 6.45) is 2.08. The molecule has 2 aliphatic rings. The van der Waals surface area contributed by atoms with E-state index in [0.29, 0.717) is 5.56 Å². The number of aromatic nitrogens is 1. The summed E-state index contributed by atoms with van der Waals surface area (Å²) in [6, 6.07) is 7.64. The lowest BCUT2D eigenvalue weighted by molar-refractivity contribution is -0.128. The molecule has 4 amide bonds. The molecule has 3 heterocycles. The van der Waals surface area contributed by atoms with Crippen LogP contribution in [0.5, 0.6) is 0 Å². The first kappa shape index (κ1) is 27.9. The molecule has 0 aliphatic carbocycles. The van der Waals surface area contributed by atoms with E-state index in [1.54, 1.807) is 26.0 Å². The van der Waals surface area contributed by atoms with Gasteiger partial charge in [0.05, 0.1) is 12.2 Å². The molecule has 2 aliphatic heterocycles. The lowest BCUT2D eigenvalue weighted by atomic mass is 10.0. The van der Waals surface area contributed by atoms with Gasteiger partial charge in [-0.05, 0) is 74.6 Å². The second-order valence-corrected chi connectivity index (χ2v) is 10.9.